The average molecular weight is 480 g/mol. The maximum Gasteiger partial charge on any atom is 0.191 e. The van der Waals surface area contributed by atoms with E-state index in [4.69, 9.17) is 0 Å². The topological polar surface area (TPSA) is 55.8 Å². The van der Waals surface area contributed by atoms with Gasteiger partial charge < -0.3 is 20.4 Å². The van der Waals surface area contributed by atoms with Gasteiger partial charge in [-0.1, -0.05) is 6.42 Å². The molecule has 1 aromatic heterocycles. The van der Waals surface area contributed by atoms with Crippen molar-refractivity contribution in [1.82, 2.24) is 20.5 Å². The highest BCUT2D eigenvalue weighted by Gasteiger charge is 2.17. The molecule has 1 atom stereocenters. The van der Waals surface area contributed by atoms with Crippen LogP contribution < -0.4 is 15.5 Å². The third-order valence-electron chi connectivity index (χ3n) is 4.44. The van der Waals surface area contributed by atoms with E-state index in [1.807, 2.05) is 26.0 Å². The lowest BCUT2D eigenvalue weighted by atomic mass is 10.0. The first kappa shape index (κ1) is 22.4. The number of nitrogens with one attached hydrogen (secondary N) is 2. The predicted molar refractivity (Wildman–Crippen MR) is 120 cm³/mol. The number of likely N-dealkylation sites (tertiary alicyclic amines) is 1. The minimum atomic E-state index is 0. The SMILES string of the molecule is CN=C(NCCCN1CCCCC1C)NCc1csc(N(C)C)n1.I. The highest BCUT2D eigenvalue weighted by Crippen LogP contribution is 2.17. The molecule has 0 aromatic carbocycles. The molecule has 8 heteroatoms. The summed E-state index contributed by atoms with van der Waals surface area (Å²) < 4.78 is 0. The van der Waals surface area contributed by atoms with Crippen LogP contribution in [-0.4, -0.2) is 62.7 Å². The third kappa shape index (κ3) is 7.65. The van der Waals surface area contributed by atoms with Crippen molar-refractivity contribution in [3.63, 3.8) is 0 Å². The molecule has 1 unspecified atom stereocenters. The van der Waals surface area contributed by atoms with Crippen molar-refractivity contribution in [1.29, 1.82) is 0 Å². The molecule has 0 radical (unpaired) electrons. The predicted octanol–water partition coefficient (Wildman–Crippen LogP) is 2.76. The van der Waals surface area contributed by atoms with E-state index < -0.39 is 0 Å². The molecule has 2 rings (SSSR count). The van der Waals surface area contributed by atoms with E-state index >= 15 is 0 Å². The summed E-state index contributed by atoms with van der Waals surface area (Å²) in [7, 11) is 5.84. The van der Waals surface area contributed by atoms with E-state index in [2.05, 4.69) is 37.8 Å². The summed E-state index contributed by atoms with van der Waals surface area (Å²) in [5.74, 6) is 0.848. The number of hydrogen-bond donors (Lipinski definition) is 2. The van der Waals surface area contributed by atoms with Crippen molar-refractivity contribution >= 4 is 46.4 Å². The van der Waals surface area contributed by atoms with Crippen molar-refractivity contribution in [2.24, 2.45) is 4.99 Å². The van der Waals surface area contributed by atoms with Crippen LogP contribution in [0, 0.1) is 0 Å². The zero-order valence-electron chi connectivity index (χ0n) is 15.9. The second kappa shape index (κ2) is 11.9. The maximum atomic E-state index is 4.57. The largest absolute Gasteiger partial charge is 0.356 e. The van der Waals surface area contributed by atoms with Gasteiger partial charge in [-0.05, 0) is 32.7 Å². The van der Waals surface area contributed by atoms with Crippen LogP contribution in [0.2, 0.25) is 0 Å². The van der Waals surface area contributed by atoms with Gasteiger partial charge in [-0.3, -0.25) is 4.99 Å². The fourth-order valence-corrected chi connectivity index (χ4v) is 3.71. The Balaban J connectivity index is 0.00000312. The molecule has 1 aromatic rings. The molecule has 25 heavy (non-hydrogen) atoms. The Morgan fingerprint density at radius 1 is 1.40 bits per heavy atom. The number of rotatable bonds is 7. The number of anilines is 1. The maximum absolute atomic E-state index is 4.57. The van der Waals surface area contributed by atoms with Crippen LogP contribution in [0.15, 0.2) is 10.4 Å². The Bertz CT molecular complexity index is 519. The van der Waals surface area contributed by atoms with Crippen LogP contribution >= 0.6 is 35.3 Å². The molecule has 2 heterocycles. The van der Waals surface area contributed by atoms with Gasteiger partial charge in [0, 0.05) is 45.7 Å². The molecule has 6 nitrogen and oxygen atoms in total. The van der Waals surface area contributed by atoms with E-state index in [0.717, 1.165) is 35.8 Å². The molecular formula is C17H33IN6S. The normalized spacial score (nSPS) is 18.6. The fourth-order valence-electron chi connectivity index (χ4n) is 2.96. The quantitative estimate of drug-likeness (QED) is 0.272. The minimum Gasteiger partial charge on any atom is -0.356 e. The molecule has 1 saturated heterocycles. The van der Waals surface area contributed by atoms with Gasteiger partial charge in [0.05, 0.1) is 12.2 Å². The van der Waals surface area contributed by atoms with Gasteiger partial charge in [0.1, 0.15) is 0 Å². The van der Waals surface area contributed by atoms with Crippen molar-refractivity contribution in [2.45, 2.75) is 45.2 Å². The molecule has 0 saturated carbocycles. The van der Waals surface area contributed by atoms with Crippen molar-refractivity contribution in [3.05, 3.63) is 11.1 Å². The van der Waals surface area contributed by atoms with Gasteiger partial charge in [0.2, 0.25) is 0 Å². The van der Waals surface area contributed by atoms with E-state index in [0.29, 0.717) is 6.54 Å². The first-order chi connectivity index (χ1) is 11.6. The van der Waals surface area contributed by atoms with Crippen LogP contribution in [0.1, 0.15) is 38.3 Å². The van der Waals surface area contributed by atoms with Gasteiger partial charge >= 0.3 is 0 Å². The van der Waals surface area contributed by atoms with E-state index in [-0.39, 0.29) is 24.0 Å². The molecule has 1 fully saturated rings. The van der Waals surface area contributed by atoms with Crippen LogP contribution in [-0.2, 0) is 6.54 Å². The summed E-state index contributed by atoms with van der Waals surface area (Å²) in [4.78, 5) is 13.5. The van der Waals surface area contributed by atoms with Crippen molar-refractivity contribution < 1.29 is 0 Å². The average Bonchev–Trinajstić information content (AvgIpc) is 3.05. The number of aromatic nitrogens is 1. The second-order valence-corrected chi connectivity index (χ2v) is 7.44. The van der Waals surface area contributed by atoms with Gasteiger partial charge in [0.15, 0.2) is 11.1 Å². The van der Waals surface area contributed by atoms with Gasteiger partial charge in [0.25, 0.3) is 0 Å². The fraction of sp³-hybridized carbons (Fsp3) is 0.765. The highest BCUT2D eigenvalue weighted by atomic mass is 127. The number of halogens is 1. The van der Waals surface area contributed by atoms with Gasteiger partial charge in [-0.15, -0.1) is 35.3 Å². The lowest BCUT2D eigenvalue weighted by molar-refractivity contribution is 0.159. The van der Waals surface area contributed by atoms with Crippen LogP contribution in [0.4, 0.5) is 5.13 Å². The van der Waals surface area contributed by atoms with E-state index in [1.165, 1.54) is 32.4 Å². The molecule has 2 N–H and O–H groups in total. The lowest BCUT2D eigenvalue weighted by Crippen LogP contribution is -2.41. The van der Waals surface area contributed by atoms with Crippen LogP contribution in [0.5, 0.6) is 0 Å². The Morgan fingerprint density at radius 2 is 2.20 bits per heavy atom. The first-order valence-electron chi connectivity index (χ1n) is 8.90. The summed E-state index contributed by atoms with van der Waals surface area (Å²) >= 11 is 1.66. The highest BCUT2D eigenvalue weighted by molar-refractivity contribution is 14.0. The molecule has 1 aliphatic heterocycles. The summed E-state index contributed by atoms with van der Waals surface area (Å²) in [5, 5.41) is 9.86. The standard InChI is InChI=1S/C17H32N6S.HI/c1-14-8-5-6-10-23(14)11-7-9-19-16(18-2)20-12-15-13-24-17(21-15)22(3)4;/h13-14H,5-12H2,1-4H3,(H2,18,19,20);1H. The number of guanidine groups is 1. The van der Waals surface area contributed by atoms with Crippen molar-refractivity contribution in [3.8, 4) is 0 Å². The van der Waals surface area contributed by atoms with E-state index in [9.17, 15) is 0 Å². The molecular weight excluding hydrogens is 447 g/mol. The molecule has 0 bridgehead atoms. The zero-order chi connectivity index (χ0) is 17.4. The Hall–Kier alpha value is -0.610. The summed E-state index contributed by atoms with van der Waals surface area (Å²) in [6.07, 6.45) is 5.23. The number of piperidine rings is 1. The number of thiazole rings is 1. The Kier molecular flexibility index (Phi) is 10.7. The monoisotopic (exact) mass is 480 g/mol. The molecule has 0 spiro atoms. The Labute approximate surface area is 173 Å². The summed E-state index contributed by atoms with van der Waals surface area (Å²) in [6, 6.07) is 0.742. The number of aliphatic imine (C=N–C) groups is 1. The zero-order valence-corrected chi connectivity index (χ0v) is 19.1. The third-order valence-corrected chi connectivity index (χ3v) is 5.50. The second-order valence-electron chi connectivity index (χ2n) is 6.60. The van der Waals surface area contributed by atoms with Gasteiger partial charge in [-0.25, -0.2) is 4.98 Å². The first-order valence-corrected chi connectivity index (χ1v) is 9.78. The van der Waals surface area contributed by atoms with Crippen LogP contribution in [0.3, 0.4) is 0 Å². The molecule has 144 valence electrons. The van der Waals surface area contributed by atoms with Gasteiger partial charge in [-0.2, -0.15) is 0 Å². The van der Waals surface area contributed by atoms with Crippen molar-refractivity contribution in [2.75, 3.05) is 45.7 Å². The number of hydrogen-bond acceptors (Lipinski definition) is 5. The number of nitrogens with zero attached hydrogens (tertiary/aromatic N) is 4. The minimum absolute atomic E-state index is 0. The van der Waals surface area contributed by atoms with Crippen LogP contribution in [0.25, 0.3) is 0 Å². The molecule has 0 amide bonds. The van der Waals surface area contributed by atoms with E-state index in [1.54, 1.807) is 11.3 Å². The smallest absolute Gasteiger partial charge is 0.191 e. The molecule has 1 aliphatic rings. The summed E-state index contributed by atoms with van der Waals surface area (Å²) in [6.45, 7) is 6.43. The lowest BCUT2D eigenvalue weighted by Gasteiger charge is -2.33. The summed E-state index contributed by atoms with van der Waals surface area (Å²) in [5.41, 5.74) is 1.05. The Morgan fingerprint density at radius 3 is 2.84 bits per heavy atom. The molecule has 0 aliphatic carbocycles.